The van der Waals surface area contributed by atoms with Crippen LogP contribution in [0, 0.1) is 17.2 Å². The summed E-state index contributed by atoms with van der Waals surface area (Å²) in [5.41, 5.74) is 0.419. The number of rotatable bonds is 7. The largest absolute Gasteiger partial charge is 0.354 e. The van der Waals surface area contributed by atoms with Gasteiger partial charge in [0, 0.05) is 30.4 Å². The Morgan fingerprint density at radius 3 is 2.47 bits per heavy atom. The molecule has 1 saturated heterocycles. The lowest BCUT2D eigenvalue weighted by atomic mass is 9.97. The number of piperidine rings is 1. The van der Waals surface area contributed by atoms with Crippen LogP contribution in [0.3, 0.4) is 0 Å². The summed E-state index contributed by atoms with van der Waals surface area (Å²) < 4.78 is 27.1. The molecule has 3 rings (SSSR count). The number of sulfonamides is 1. The maximum absolute atomic E-state index is 12.8. The molecule has 30 heavy (non-hydrogen) atoms. The molecule has 0 saturated carbocycles. The number of benzene rings is 1. The van der Waals surface area contributed by atoms with Crippen molar-refractivity contribution in [3.05, 3.63) is 52.2 Å². The van der Waals surface area contributed by atoms with Gasteiger partial charge < -0.3 is 10.2 Å². The lowest BCUT2D eigenvalue weighted by Gasteiger charge is -2.31. The molecule has 2 aromatic rings. The molecule has 0 aliphatic carbocycles. The number of hydrogen-bond donors (Lipinski definition) is 1. The van der Waals surface area contributed by atoms with Gasteiger partial charge in [0.05, 0.1) is 22.6 Å². The monoisotopic (exact) mass is 446 g/mol. The van der Waals surface area contributed by atoms with Crippen molar-refractivity contribution < 1.29 is 13.2 Å². The quantitative estimate of drug-likeness (QED) is 0.705. The van der Waals surface area contributed by atoms with Crippen molar-refractivity contribution in [3.8, 4) is 6.07 Å². The maximum atomic E-state index is 12.8. The van der Waals surface area contributed by atoms with Crippen LogP contribution >= 0.6 is 11.3 Å². The van der Waals surface area contributed by atoms with E-state index >= 15 is 0 Å². The molecule has 1 aliphatic rings. The summed E-state index contributed by atoms with van der Waals surface area (Å²) in [4.78, 5) is 16.1. The van der Waals surface area contributed by atoms with Crippen LogP contribution in [0.4, 0.5) is 0 Å². The van der Waals surface area contributed by atoms with Crippen molar-refractivity contribution in [2.45, 2.75) is 23.8 Å². The molecule has 1 N–H and O–H groups in total. The number of carbonyl (C=O) groups excluding carboxylic acids is 1. The van der Waals surface area contributed by atoms with Gasteiger partial charge in [0.15, 0.2) is 0 Å². The first-order valence-electron chi connectivity index (χ1n) is 9.81. The highest BCUT2D eigenvalue weighted by Crippen LogP contribution is 2.25. The fourth-order valence-electron chi connectivity index (χ4n) is 3.57. The molecule has 1 aromatic heterocycles. The molecule has 2 heterocycles. The van der Waals surface area contributed by atoms with Crippen molar-refractivity contribution in [1.82, 2.24) is 14.5 Å². The molecular formula is C21H26N4O3S2. The van der Waals surface area contributed by atoms with Crippen molar-refractivity contribution in [1.29, 1.82) is 5.26 Å². The zero-order chi connectivity index (χ0) is 21.7. The standard InChI is InChI=1S/C21H26N4O3S2/c1-24(2)19(20-4-3-13-29-20)15-23-21(26)17-9-11-25(12-10-17)30(27,28)18-7-5-16(14-22)6-8-18/h3-8,13,17,19H,9-12,15H2,1-2H3,(H,23,26)/t19-/m0/s1. The Kier molecular flexibility index (Phi) is 7.26. The third-order valence-corrected chi connectivity index (χ3v) is 8.30. The second-order valence-corrected chi connectivity index (χ2v) is 10.5. The summed E-state index contributed by atoms with van der Waals surface area (Å²) in [6.45, 7) is 1.14. The number of carbonyl (C=O) groups is 1. The summed E-state index contributed by atoms with van der Waals surface area (Å²) >= 11 is 1.67. The lowest BCUT2D eigenvalue weighted by Crippen LogP contribution is -2.44. The number of thiophene rings is 1. The Balaban J connectivity index is 1.55. The molecule has 9 heteroatoms. The molecule has 7 nitrogen and oxygen atoms in total. The Bertz CT molecular complexity index is 988. The summed E-state index contributed by atoms with van der Waals surface area (Å²) in [5.74, 6) is -0.211. The first kappa shape index (κ1) is 22.4. The molecule has 1 fully saturated rings. The van der Waals surface area contributed by atoms with Gasteiger partial charge in [-0.05, 0) is 62.6 Å². The van der Waals surface area contributed by atoms with Gasteiger partial charge in [0.1, 0.15) is 0 Å². The Morgan fingerprint density at radius 2 is 1.93 bits per heavy atom. The van der Waals surface area contributed by atoms with E-state index in [2.05, 4.69) is 16.3 Å². The summed E-state index contributed by atoms with van der Waals surface area (Å²) in [7, 11) is 0.362. The third-order valence-electron chi connectivity index (χ3n) is 5.41. The van der Waals surface area contributed by atoms with E-state index in [9.17, 15) is 13.2 Å². The summed E-state index contributed by atoms with van der Waals surface area (Å²) in [6, 6.07) is 12.1. The Labute approximate surface area is 182 Å². The van der Waals surface area contributed by atoms with Crippen LogP contribution in [-0.2, 0) is 14.8 Å². The zero-order valence-electron chi connectivity index (χ0n) is 17.1. The normalized spacial score (nSPS) is 16.9. The molecule has 160 valence electrons. The van der Waals surface area contributed by atoms with E-state index in [-0.39, 0.29) is 22.8 Å². The van der Waals surface area contributed by atoms with E-state index in [0.717, 1.165) is 0 Å². The summed E-state index contributed by atoms with van der Waals surface area (Å²) in [5, 5.41) is 13.9. The van der Waals surface area contributed by atoms with E-state index in [1.54, 1.807) is 11.3 Å². The topological polar surface area (TPSA) is 93.5 Å². The van der Waals surface area contributed by atoms with Crippen molar-refractivity contribution in [3.63, 3.8) is 0 Å². The molecule has 1 aliphatic heterocycles. The van der Waals surface area contributed by atoms with Gasteiger partial charge in [-0.25, -0.2) is 8.42 Å². The van der Waals surface area contributed by atoms with Crippen molar-refractivity contribution in [2.24, 2.45) is 5.92 Å². The van der Waals surface area contributed by atoms with Crippen molar-refractivity contribution in [2.75, 3.05) is 33.7 Å². The fourth-order valence-corrected chi connectivity index (χ4v) is 5.96. The lowest BCUT2D eigenvalue weighted by molar-refractivity contribution is -0.126. The average molecular weight is 447 g/mol. The highest BCUT2D eigenvalue weighted by atomic mass is 32.2. The fraction of sp³-hybridized carbons (Fsp3) is 0.429. The van der Waals surface area contributed by atoms with Gasteiger partial charge in [0.25, 0.3) is 0 Å². The van der Waals surface area contributed by atoms with Gasteiger partial charge in [-0.1, -0.05) is 6.07 Å². The van der Waals surface area contributed by atoms with Crippen LogP contribution in [-0.4, -0.2) is 57.3 Å². The Morgan fingerprint density at radius 1 is 1.27 bits per heavy atom. The van der Waals surface area contributed by atoms with Crippen LogP contribution in [0.2, 0.25) is 0 Å². The third kappa shape index (κ3) is 5.08. The van der Waals surface area contributed by atoms with Gasteiger partial charge in [0.2, 0.25) is 15.9 Å². The van der Waals surface area contributed by atoms with Gasteiger partial charge in [-0.3, -0.25) is 4.79 Å². The predicted octanol–water partition coefficient (Wildman–Crippen LogP) is 2.44. The number of hydrogen-bond acceptors (Lipinski definition) is 6. The smallest absolute Gasteiger partial charge is 0.243 e. The van der Waals surface area contributed by atoms with E-state index in [0.29, 0.717) is 38.0 Å². The van der Waals surface area contributed by atoms with Crippen LogP contribution in [0.25, 0.3) is 0 Å². The first-order valence-corrected chi connectivity index (χ1v) is 12.1. The van der Waals surface area contributed by atoms with Gasteiger partial charge >= 0.3 is 0 Å². The Hall–Kier alpha value is -2.25. The maximum Gasteiger partial charge on any atom is 0.243 e. The molecule has 0 bridgehead atoms. The van der Waals surface area contributed by atoms with E-state index in [4.69, 9.17) is 5.26 Å². The van der Waals surface area contributed by atoms with E-state index in [1.807, 2.05) is 31.6 Å². The molecule has 0 spiro atoms. The van der Waals surface area contributed by atoms with Gasteiger partial charge in [-0.15, -0.1) is 11.3 Å². The average Bonchev–Trinajstić information content (AvgIpc) is 3.28. The van der Waals surface area contributed by atoms with Gasteiger partial charge in [-0.2, -0.15) is 9.57 Å². The van der Waals surface area contributed by atoms with E-state index in [1.165, 1.54) is 33.4 Å². The number of likely N-dealkylation sites (N-methyl/N-ethyl adjacent to an activating group) is 1. The SMILES string of the molecule is CN(C)[C@@H](CNC(=O)C1CCN(S(=O)(=O)c2ccc(C#N)cc2)CC1)c1cccs1. The first-order chi connectivity index (χ1) is 14.3. The second kappa shape index (κ2) is 9.71. The zero-order valence-corrected chi connectivity index (χ0v) is 18.7. The van der Waals surface area contributed by atoms with E-state index < -0.39 is 10.0 Å². The number of nitriles is 1. The molecule has 1 atom stereocenters. The van der Waals surface area contributed by atoms with Crippen LogP contribution < -0.4 is 5.32 Å². The van der Waals surface area contributed by atoms with Crippen molar-refractivity contribution >= 4 is 27.3 Å². The molecule has 1 amide bonds. The minimum absolute atomic E-state index is 0.0196. The minimum atomic E-state index is -3.62. The molecule has 1 aromatic carbocycles. The minimum Gasteiger partial charge on any atom is -0.354 e. The summed E-state index contributed by atoms with van der Waals surface area (Å²) in [6.07, 6.45) is 0.986. The number of nitrogens with zero attached hydrogens (tertiary/aromatic N) is 3. The predicted molar refractivity (Wildman–Crippen MR) is 116 cm³/mol. The number of nitrogens with one attached hydrogen (secondary N) is 1. The molecular weight excluding hydrogens is 420 g/mol. The highest BCUT2D eigenvalue weighted by molar-refractivity contribution is 7.89. The van der Waals surface area contributed by atoms with Crippen LogP contribution in [0.5, 0.6) is 0 Å². The van der Waals surface area contributed by atoms with Crippen LogP contribution in [0.1, 0.15) is 29.3 Å². The highest BCUT2D eigenvalue weighted by Gasteiger charge is 2.32. The number of amides is 1. The second-order valence-electron chi connectivity index (χ2n) is 7.55. The molecule has 0 radical (unpaired) electrons. The van der Waals surface area contributed by atoms with Crippen LogP contribution in [0.15, 0.2) is 46.7 Å². The molecule has 0 unspecified atom stereocenters.